The lowest BCUT2D eigenvalue weighted by molar-refractivity contribution is -1.02. The largest absolute Gasteiger partial charge is 0.385 e. The molecule has 0 aliphatic carbocycles. The Morgan fingerprint density at radius 2 is 1.34 bits per heavy atom. The molecular weight excluding hydrogens is 441 g/mol. The molecule has 166 valence electrons. The highest BCUT2D eigenvalue weighted by Crippen LogP contribution is 2.32. The number of benzene rings is 3. The summed E-state index contributed by atoms with van der Waals surface area (Å²) in [5.74, 6) is 0. The molecule has 3 N–H and O–H groups in total. The van der Waals surface area contributed by atoms with Crippen LogP contribution in [0.3, 0.4) is 0 Å². The first kappa shape index (κ1) is 21.7. The molecule has 2 heterocycles. The molecule has 0 radical (unpaired) electrons. The molecule has 5 rings (SSSR count). The van der Waals surface area contributed by atoms with Crippen LogP contribution < -0.4 is 9.80 Å². The lowest BCUT2D eigenvalue weighted by Crippen LogP contribution is -3.28. The number of nitrogens with zero attached hydrogens (tertiary/aromatic N) is 1. The van der Waals surface area contributed by atoms with Crippen LogP contribution in [0.2, 0.25) is 10.0 Å². The first-order chi connectivity index (χ1) is 15.6. The quantitative estimate of drug-likeness (QED) is 0.398. The van der Waals surface area contributed by atoms with E-state index in [2.05, 4.69) is 34.9 Å². The average molecular weight is 470 g/mol. The summed E-state index contributed by atoms with van der Waals surface area (Å²) in [6.45, 7) is 6.89. The van der Waals surface area contributed by atoms with Gasteiger partial charge in [0.05, 0.1) is 6.54 Å². The number of halogens is 2. The fraction of sp³-hybridized carbons (Fsp3) is 0.308. The summed E-state index contributed by atoms with van der Waals surface area (Å²) in [5.41, 5.74) is 3.56. The molecule has 1 aliphatic heterocycles. The van der Waals surface area contributed by atoms with Crippen molar-refractivity contribution in [2.75, 3.05) is 32.7 Å². The monoisotopic (exact) mass is 469 g/mol. The van der Waals surface area contributed by atoms with Crippen LogP contribution in [0.4, 0.5) is 0 Å². The zero-order valence-electron chi connectivity index (χ0n) is 18.0. The minimum absolute atomic E-state index is 0.411. The van der Waals surface area contributed by atoms with Crippen LogP contribution in [0.1, 0.15) is 5.56 Å². The first-order valence-corrected chi connectivity index (χ1v) is 12.1. The predicted molar refractivity (Wildman–Crippen MR) is 132 cm³/mol. The van der Waals surface area contributed by atoms with Gasteiger partial charge in [0.15, 0.2) is 0 Å². The molecule has 32 heavy (non-hydrogen) atoms. The van der Waals surface area contributed by atoms with Gasteiger partial charge in [0.2, 0.25) is 0 Å². The van der Waals surface area contributed by atoms with E-state index >= 15 is 0 Å². The Hall–Kier alpha value is -2.08. The molecule has 1 fully saturated rings. The Morgan fingerprint density at radius 3 is 1.94 bits per heavy atom. The second-order valence-electron chi connectivity index (χ2n) is 8.95. The topological polar surface area (TPSA) is 34.0 Å². The summed E-state index contributed by atoms with van der Waals surface area (Å²) in [6, 6.07) is 22.6. The van der Waals surface area contributed by atoms with Crippen molar-refractivity contribution in [1.29, 1.82) is 0 Å². The molecule has 0 amide bonds. The van der Waals surface area contributed by atoms with Gasteiger partial charge in [-0.05, 0) is 36.4 Å². The molecule has 0 spiro atoms. The maximum absolute atomic E-state index is 11.0. The second kappa shape index (κ2) is 9.42. The molecule has 3 aromatic carbocycles. The second-order valence-corrected chi connectivity index (χ2v) is 9.83. The van der Waals surface area contributed by atoms with Crippen LogP contribution in [-0.2, 0) is 13.1 Å². The Morgan fingerprint density at radius 1 is 0.781 bits per heavy atom. The number of aliphatic hydroxyl groups excluding tert-OH is 1. The minimum Gasteiger partial charge on any atom is -0.385 e. The Bertz CT molecular complexity index is 1160. The van der Waals surface area contributed by atoms with Crippen LogP contribution in [-0.4, -0.2) is 48.5 Å². The van der Waals surface area contributed by atoms with E-state index in [-0.39, 0.29) is 0 Å². The van der Waals surface area contributed by atoms with Crippen molar-refractivity contribution in [3.63, 3.8) is 0 Å². The van der Waals surface area contributed by atoms with Gasteiger partial charge >= 0.3 is 0 Å². The number of quaternary nitrogens is 2. The summed E-state index contributed by atoms with van der Waals surface area (Å²) in [6.07, 6.45) is -0.411. The molecule has 1 unspecified atom stereocenters. The van der Waals surface area contributed by atoms with Gasteiger partial charge in [0, 0.05) is 37.4 Å². The third kappa shape index (κ3) is 4.66. The van der Waals surface area contributed by atoms with E-state index in [0.717, 1.165) is 61.1 Å². The maximum atomic E-state index is 11.0. The number of fused-ring (bicyclic) bond motifs is 3. The summed E-state index contributed by atoms with van der Waals surface area (Å²) in [4.78, 5) is 3.12. The fourth-order valence-corrected chi connectivity index (χ4v) is 5.42. The van der Waals surface area contributed by atoms with Crippen molar-refractivity contribution in [2.45, 2.75) is 19.2 Å². The smallest absolute Gasteiger partial charge is 0.127 e. The maximum Gasteiger partial charge on any atom is 0.127 e. The van der Waals surface area contributed by atoms with E-state index in [9.17, 15) is 5.11 Å². The molecule has 0 bridgehead atoms. The van der Waals surface area contributed by atoms with Crippen molar-refractivity contribution in [3.05, 3.63) is 82.3 Å². The van der Waals surface area contributed by atoms with Crippen molar-refractivity contribution >= 4 is 45.0 Å². The lowest BCUT2D eigenvalue weighted by Gasteiger charge is -2.31. The molecule has 0 saturated carbocycles. The van der Waals surface area contributed by atoms with Crippen molar-refractivity contribution in [2.24, 2.45) is 0 Å². The minimum atomic E-state index is -0.411. The van der Waals surface area contributed by atoms with E-state index in [1.54, 1.807) is 4.90 Å². The summed E-state index contributed by atoms with van der Waals surface area (Å²) < 4.78 is 2.21. The third-order valence-corrected chi connectivity index (χ3v) is 7.14. The van der Waals surface area contributed by atoms with Crippen LogP contribution in [0.15, 0.2) is 66.7 Å². The lowest BCUT2D eigenvalue weighted by atomic mass is 10.1. The number of hydrogen-bond acceptors (Lipinski definition) is 1. The Labute approximate surface area is 198 Å². The Kier molecular flexibility index (Phi) is 6.40. The van der Waals surface area contributed by atoms with Crippen LogP contribution in [0.5, 0.6) is 0 Å². The van der Waals surface area contributed by atoms with Crippen molar-refractivity contribution in [1.82, 2.24) is 4.57 Å². The number of nitrogens with one attached hydrogen (secondary N) is 2. The first-order valence-electron chi connectivity index (χ1n) is 11.3. The molecule has 1 aromatic heterocycles. The van der Waals surface area contributed by atoms with Gasteiger partial charge in [-0.3, -0.25) is 0 Å². The molecule has 1 saturated heterocycles. The fourth-order valence-electron chi connectivity index (χ4n) is 5.08. The highest BCUT2D eigenvalue weighted by Gasteiger charge is 2.25. The zero-order chi connectivity index (χ0) is 22.1. The van der Waals surface area contributed by atoms with E-state index in [4.69, 9.17) is 23.2 Å². The van der Waals surface area contributed by atoms with Crippen LogP contribution in [0, 0.1) is 0 Å². The molecule has 6 heteroatoms. The van der Waals surface area contributed by atoms with E-state index in [1.807, 2.05) is 36.4 Å². The normalized spacial score (nSPS) is 20.1. The van der Waals surface area contributed by atoms with Crippen LogP contribution in [0.25, 0.3) is 21.8 Å². The van der Waals surface area contributed by atoms with Gasteiger partial charge in [-0.1, -0.05) is 53.5 Å². The van der Waals surface area contributed by atoms with Gasteiger partial charge in [0.25, 0.3) is 0 Å². The molecular formula is C26H29Cl2N3O+2. The number of hydrogen-bond donors (Lipinski definition) is 3. The predicted octanol–water partition coefficient (Wildman–Crippen LogP) is 2.45. The SMILES string of the molecule is OC(Cn1c2ccc(Cl)cc2c2cc(Cl)ccc21)C[NH+]1CC[NH+](Cc2ccccc2)CC1. The Balaban J connectivity index is 1.26. The van der Waals surface area contributed by atoms with E-state index < -0.39 is 6.10 Å². The number of rotatable bonds is 6. The highest BCUT2D eigenvalue weighted by molar-refractivity contribution is 6.33. The van der Waals surface area contributed by atoms with Gasteiger partial charge in [-0.2, -0.15) is 0 Å². The highest BCUT2D eigenvalue weighted by atomic mass is 35.5. The number of piperazine rings is 1. The third-order valence-electron chi connectivity index (χ3n) is 6.67. The summed E-state index contributed by atoms with van der Waals surface area (Å²) >= 11 is 12.5. The van der Waals surface area contributed by atoms with Gasteiger partial charge in [-0.15, -0.1) is 0 Å². The van der Waals surface area contributed by atoms with Crippen molar-refractivity contribution < 1.29 is 14.9 Å². The van der Waals surface area contributed by atoms with Crippen molar-refractivity contribution in [3.8, 4) is 0 Å². The van der Waals surface area contributed by atoms with E-state index in [0.29, 0.717) is 16.6 Å². The van der Waals surface area contributed by atoms with E-state index in [1.165, 1.54) is 10.5 Å². The number of aromatic nitrogens is 1. The standard InChI is InChI=1S/C26H27Cl2N3O/c27-20-6-8-25-23(14-20)24-15-21(28)7-9-26(24)31(25)18-22(32)17-30-12-10-29(11-13-30)16-19-4-2-1-3-5-19/h1-9,14-15,22,32H,10-13,16-18H2/p+2. The average Bonchev–Trinajstić information content (AvgIpc) is 3.08. The molecule has 1 aliphatic rings. The number of aliphatic hydroxyl groups is 1. The summed E-state index contributed by atoms with van der Waals surface area (Å²) in [7, 11) is 0. The molecule has 1 atom stereocenters. The molecule has 4 nitrogen and oxygen atoms in total. The zero-order valence-corrected chi connectivity index (χ0v) is 19.5. The van der Waals surface area contributed by atoms with Gasteiger partial charge < -0.3 is 19.5 Å². The van der Waals surface area contributed by atoms with Crippen LogP contribution >= 0.6 is 23.2 Å². The summed E-state index contributed by atoms with van der Waals surface area (Å²) in [5, 5.41) is 14.6. The van der Waals surface area contributed by atoms with Gasteiger partial charge in [0.1, 0.15) is 45.4 Å². The van der Waals surface area contributed by atoms with Gasteiger partial charge in [-0.25, -0.2) is 0 Å². The molecule has 4 aromatic rings.